The molecule has 3 aromatic rings. The maximum atomic E-state index is 13.4. The van der Waals surface area contributed by atoms with Gasteiger partial charge >= 0.3 is 5.97 Å². The van der Waals surface area contributed by atoms with Gasteiger partial charge in [0.25, 0.3) is 5.56 Å². The first-order chi connectivity index (χ1) is 15.8. The Bertz CT molecular complexity index is 1190. The summed E-state index contributed by atoms with van der Waals surface area (Å²) in [6, 6.07) is 13.9. The third kappa shape index (κ3) is 6.22. The third-order valence-corrected chi connectivity index (χ3v) is 6.13. The zero-order valence-corrected chi connectivity index (χ0v) is 20.1. The van der Waals surface area contributed by atoms with Gasteiger partial charge in [0.05, 0.1) is 35.0 Å². The number of ether oxygens (including phenoxy) is 1. The average Bonchev–Trinajstić information content (AvgIpc) is 2.81. The molecule has 1 aromatic heterocycles. The second-order valence-electron chi connectivity index (χ2n) is 8.32. The van der Waals surface area contributed by atoms with Gasteiger partial charge in [-0.1, -0.05) is 43.8 Å². The minimum atomic E-state index is -0.505. The molecule has 1 atom stereocenters. The minimum absolute atomic E-state index is 0.0731. The minimum Gasteiger partial charge on any atom is -0.465 e. The largest absolute Gasteiger partial charge is 0.465 e. The fourth-order valence-electron chi connectivity index (χ4n) is 3.41. The number of nitrogens with one attached hydrogen (secondary N) is 1. The number of hydrogen-bond donors (Lipinski definition) is 1. The normalized spacial score (nSPS) is 12.0. The third-order valence-electron chi connectivity index (χ3n) is 5.19. The van der Waals surface area contributed by atoms with Crippen molar-refractivity contribution in [1.29, 1.82) is 0 Å². The van der Waals surface area contributed by atoms with E-state index in [2.05, 4.69) is 24.1 Å². The van der Waals surface area contributed by atoms with E-state index in [-0.39, 0.29) is 23.3 Å². The Kier molecular flexibility index (Phi) is 8.27. The Labute approximate surface area is 197 Å². The van der Waals surface area contributed by atoms with Gasteiger partial charge in [-0.05, 0) is 56.0 Å². The van der Waals surface area contributed by atoms with E-state index in [1.165, 1.54) is 29.5 Å². The summed E-state index contributed by atoms with van der Waals surface area (Å²) in [5, 5.41) is 3.77. The quantitative estimate of drug-likeness (QED) is 0.288. The van der Waals surface area contributed by atoms with E-state index in [9.17, 15) is 14.4 Å². The fourth-order valence-corrected chi connectivity index (χ4v) is 4.24. The molecule has 0 spiro atoms. The summed E-state index contributed by atoms with van der Waals surface area (Å²) < 4.78 is 6.28. The molecule has 0 fully saturated rings. The first-order valence-electron chi connectivity index (χ1n) is 10.9. The van der Waals surface area contributed by atoms with Crippen molar-refractivity contribution in [2.75, 3.05) is 12.9 Å². The number of aromatic nitrogens is 2. The van der Waals surface area contributed by atoms with Gasteiger partial charge in [-0.25, -0.2) is 9.78 Å². The molecule has 1 N–H and O–H groups in total. The number of benzene rings is 2. The van der Waals surface area contributed by atoms with Crippen LogP contribution in [-0.2, 0) is 9.53 Å². The second-order valence-corrected chi connectivity index (χ2v) is 9.26. The van der Waals surface area contributed by atoms with E-state index >= 15 is 0 Å². The van der Waals surface area contributed by atoms with E-state index in [4.69, 9.17) is 4.74 Å². The predicted octanol–water partition coefficient (Wildman–Crippen LogP) is 4.21. The van der Waals surface area contributed by atoms with Crippen LogP contribution in [0.4, 0.5) is 0 Å². The van der Waals surface area contributed by atoms with Crippen LogP contribution in [0.3, 0.4) is 0 Å². The number of nitrogens with zero attached hydrogens (tertiary/aromatic N) is 2. The molecule has 0 saturated heterocycles. The molecule has 2 aromatic carbocycles. The zero-order valence-electron chi connectivity index (χ0n) is 19.3. The van der Waals surface area contributed by atoms with Crippen LogP contribution in [0.5, 0.6) is 0 Å². The second kappa shape index (κ2) is 11.1. The van der Waals surface area contributed by atoms with Crippen LogP contribution >= 0.6 is 11.8 Å². The summed E-state index contributed by atoms with van der Waals surface area (Å²) in [5.74, 6) is 0.0761. The van der Waals surface area contributed by atoms with E-state index in [0.717, 1.165) is 12.8 Å². The van der Waals surface area contributed by atoms with Crippen LogP contribution in [0.15, 0.2) is 58.5 Å². The number of amides is 1. The van der Waals surface area contributed by atoms with Crippen molar-refractivity contribution in [3.05, 3.63) is 64.4 Å². The molecule has 1 amide bonds. The van der Waals surface area contributed by atoms with Crippen LogP contribution in [0.25, 0.3) is 16.6 Å². The topological polar surface area (TPSA) is 90.3 Å². The Balaban J connectivity index is 1.93. The van der Waals surface area contributed by atoms with Gasteiger partial charge in [0.1, 0.15) is 0 Å². The van der Waals surface area contributed by atoms with Crippen molar-refractivity contribution < 1.29 is 14.3 Å². The van der Waals surface area contributed by atoms with Crippen molar-refractivity contribution in [1.82, 2.24) is 14.9 Å². The fraction of sp³-hybridized carbons (Fsp3) is 0.360. The van der Waals surface area contributed by atoms with Gasteiger partial charge < -0.3 is 10.1 Å². The van der Waals surface area contributed by atoms with Gasteiger partial charge in [-0.2, -0.15) is 0 Å². The van der Waals surface area contributed by atoms with E-state index < -0.39 is 5.97 Å². The predicted molar refractivity (Wildman–Crippen MR) is 131 cm³/mol. The average molecular weight is 468 g/mol. The molecule has 174 valence electrons. The number of carbonyl (C=O) groups is 2. The zero-order chi connectivity index (χ0) is 24.0. The molecule has 8 heteroatoms. The summed E-state index contributed by atoms with van der Waals surface area (Å²) in [4.78, 5) is 42.5. The highest BCUT2D eigenvalue weighted by Gasteiger charge is 2.17. The highest BCUT2D eigenvalue weighted by molar-refractivity contribution is 7.99. The standard InChI is InChI=1S/C25H29N3O4S/c1-16(2)10-11-17(3)26-22(29)15-33-25-27-21-14-18(24(31)32-4)12-13-20(21)23(30)28(25)19-8-6-5-7-9-19/h5-9,12-14,16-17H,10-11,15H2,1-4H3,(H,26,29). The molecule has 7 nitrogen and oxygen atoms in total. The molecule has 1 unspecified atom stereocenters. The lowest BCUT2D eigenvalue weighted by molar-refractivity contribution is -0.119. The van der Waals surface area contributed by atoms with Crippen molar-refractivity contribution in [3.8, 4) is 5.69 Å². The summed E-state index contributed by atoms with van der Waals surface area (Å²) in [7, 11) is 1.30. The Morgan fingerprint density at radius 3 is 2.48 bits per heavy atom. The van der Waals surface area contributed by atoms with E-state index in [0.29, 0.717) is 33.2 Å². The molecule has 0 aliphatic rings. The lowest BCUT2D eigenvalue weighted by Gasteiger charge is -2.16. The van der Waals surface area contributed by atoms with Gasteiger partial charge in [-0.15, -0.1) is 0 Å². The molecule has 33 heavy (non-hydrogen) atoms. The lowest BCUT2D eigenvalue weighted by Crippen LogP contribution is -2.34. The summed E-state index contributed by atoms with van der Waals surface area (Å²) >= 11 is 1.19. The van der Waals surface area contributed by atoms with Crippen molar-refractivity contribution in [2.45, 2.75) is 44.8 Å². The van der Waals surface area contributed by atoms with Crippen LogP contribution < -0.4 is 10.9 Å². The number of carbonyl (C=O) groups excluding carboxylic acids is 2. The smallest absolute Gasteiger partial charge is 0.337 e. The Hall–Kier alpha value is -3.13. The van der Waals surface area contributed by atoms with Crippen molar-refractivity contribution in [2.24, 2.45) is 5.92 Å². The molecular weight excluding hydrogens is 438 g/mol. The van der Waals surface area contributed by atoms with Crippen LogP contribution in [0.2, 0.25) is 0 Å². The molecular formula is C25H29N3O4S. The maximum Gasteiger partial charge on any atom is 0.337 e. The van der Waals surface area contributed by atoms with Crippen LogP contribution in [0, 0.1) is 5.92 Å². The van der Waals surface area contributed by atoms with Crippen LogP contribution in [0.1, 0.15) is 44.0 Å². The monoisotopic (exact) mass is 467 g/mol. The first kappa shape index (κ1) is 24.5. The first-order valence-corrected chi connectivity index (χ1v) is 11.9. The highest BCUT2D eigenvalue weighted by Crippen LogP contribution is 2.22. The molecule has 0 bridgehead atoms. The number of methoxy groups -OCH3 is 1. The summed E-state index contributed by atoms with van der Waals surface area (Å²) in [6.45, 7) is 6.31. The van der Waals surface area contributed by atoms with Gasteiger partial charge in [0.2, 0.25) is 5.91 Å². The van der Waals surface area contributed by atoms with Crippen LogP contribution in [-0.4, -0.2) is 40.3 Å². The lowest BCUT2D eigenvalue weighted by atomic mass is 10.0. The van der Waals surface area contributed by atoms with Gasteiger partial charge in [0.15, 0.2) is 5.16 Å². The number of para-hydroxylation sites is 1. The van der Waals surface area contributed by atoms with Crippen molar-refractivity contribution in [3.63, 3.8) is 0 Å². The Morgan fingerprint density at radius 2 is 1.82 bits per heavy atom. The summed E-state index contributed by atoms with van der Waals surface area (Å²) in [5.41, 5.74) is 1.07. The van der Waals surface area contributed by atoms with E-state index in [1.807, 2.05) is 37.3 Å². The molecule has 0 radical (unpaired) electrons. The summed E-state index contributed by atoms with van der Waals surface area (Å²) in [6.07, 6.45) is 1.95. The number of hydrogen-bond acceptors (Lipinski definition) is 6. The highest BCUT2D eigenvalue weighted by atomic mass is 32.2. The van der Waals surface area contributed by atoms with E-state index in [1.54, 1.807) is 12.1 Å². The number of fused-ring (bicyclic) bond motifs is 1. The van der Waals surface area contributed by atoms with Crippen molar-refractivity contribution >= 4 is 34.5 Å². The SMILES string of the molecule is COC(=O)c1ccc2c(=O)n(-c3ccccc3)c(SCC(=O)NC(C)CCC(C)C)nc2c1. The van der Waals surface area contributed by atoms with Gasteiger partial charge in [-0.3, -0.25) is 14.2 Å². The maximum absolute atomic E-state index is 13.4. The molecule has 3 rings (SSSR count). The molecule has 0 saturated carbocycles. The molecule has 0 aliphatic carbocycles. The number of thioether (sulfide) groups is 1. The Morgan fingerprint density at radius 1 is 1.09 bits per heavy atom. The van der Waals surface area contributed by atoms with Gasteiger partial charge in [0, 0.05) is 6.04 Å². The molecule has 1 heterocycles. The molecule has 0 aliphatic heterocycles. The number of esters is 1. The number of rotatable bonds is 9.